The third-order valence-electron chi connectivity index (χ3n) is 4.15. The van der Waals surface area contributed by atoms with E-state index in [2.05, 4.69) is 4.98 Å². The van der Waals surface area contributed by atoms with Crippen LogP contribution in [-0.2, 0) is 21.4 Å². The molecule has 142 valence electrons. The van der Waals surface area contributed by atoms with Crippen molar-refractivity contribution < 1.29 is 22.4 Å². The van der Waals surface area contributed by atoms with E-state index in [1.165, 1.54) is 10.4 Å². The lowest BCUT2D eigenvalue weighted by Crippen LogP contribution is -2.31. The van der Waals surface area contributed by atoms with Crippen LogP contribution in [0.5, 0.6) is 0 Å². The van der Waals surface area contributed by atoms with E-state index in [9.17, 15) is 13.2 Å². The quantitative estimate of drug-likeness (QED) is 0.686. The van der Waals surface area contributed by atoms with Crippen LogP contribution >= 0.6 is 0 Å². The fraction of sp³-hybridized carbons (Fsp3) is 0.444. The van der Waals surface area contributed by atoms with Gasteiger partial charge in [0.2, 0.25) is 15.9 Å². The third-order valence-corrected chi connectivity index (χ3v) is 6.34. The second-order valence-corrected chi connectivity index (χ2v) is 7.80. The van der Waals surface area contributed by atoms with Crippen molar-refractivity contribution in [2.75, 3.05) is 13.1 Å². The number of carbonyl (C=O) groups excluding carboxylic acids is 1. The Morgan fingerprint density at radius 2 is 1.85 bits per heavy atom. The first-order chi connectivity index (χ1) is 12.2. The molecule has 0 saturated heterocycles. The number of aryl methyl sites for hydroxylation is 3. The number of nitrogens with zero attached hydrogens (tertiary/aromatic N) is 2. The first kappa shape index (κ1) is 20.1. The monoisotopic (exact) mass is 380 g/mol. The predicted octanol–water partition coefficient (Wildman–Crippen LogP) is 2.99. The van der Waals surface area contributed by atoms with Crippen LogP contribution in [0.4, 0.5) is 0 Å². The van der Waals surface area contributed by atoms with Gasteiger partial charge in [-0.2, -0.15) is 4.31 Å². The van der Waals surface area contributed by atoms with E-state index in [0.29, 0.717) is 30.3 Å². The van der Waals surface area contributed by atoms with Gasteiger partial charge in [0.15, 0.2) is 6.61 Å². The summed E-state index contributed by atoms with van der Waals surface area (Å²) in [6.45, 7) is 9.42. The molecule has 1 aromatic heterocycles. The molecule has 0 fully saturated rings. The van der Waals surface area contributed by atoms with Crippen LogP contribution < -0.4 is 0 Å². The summed E-state index contributed by atoms with van der Waals surface area (Å²) in [6, 6.07) is 4.51. The number of hydrogen-bond acceptors (Lipinski definition) is 6. The third kappa shape index (κ3) is 4.13. The van der Waals surface area contributed by atoms with Gasteiger partial charge in [-0.25, -0.2) is 18.2 Å². The van der Waals surface area contributed by atoms with Gasteiger partial charge < -0.3 is 9.15 Å². The highest BCUT2D eigenvalue weighted by Gasteiger charge is 2.25. The minimum absolute atomic E-state index is 0.110. The summed E-state index contributed by atoms with van der Waals surface area (Å²) >= 11 is 0. The summed E-state index contributed by atoms with van der Waals surface area (Å²) in [5.74, 6) is 0.338. The lowest BCUT2D eigenvalue weighted by molar-refractivity contribution is 0.0436. The van der Waals surface area contributed by atoms with Gasteiger partial charge in [0.25, 0.3) is 0 Å². The van der Waals surface area contributed by atoms with Crippen LogP contribution in [0.15, 0.2) is 27.5 Å². The zero-order chi connectivity index (χ0) is 19.5. The smallest absolute Gasteiger partial charge is 0.338 e. The van der Waals surface area contributed by atoms with Crippen molar-refractivity contribution in [3.8, 4) is 0 Å². The number of aromatic nitrogens is 1. The molecule has 0 N–H and O–H groups in total. The zero-order valence-electron chi connectivity index (χ0n) is 15.7. The normalized spacial score (nSPS) is 11.8. The number of benzene rings is 1. The van der Waals surface area contributed by atoms with Crippen molar-refractivity contribution in [1.29, 1.82) is 0 Å². The molecule has 0 aliphatic heterocycles. The fourth-order valence-electron chi connectivity index (χ4n) is 2.52. The van der Waals surface area contributed by atoms with Crippen molar-refractivity contribution in [2.24, 2.45) is 0 Å². The Morgan fingerprint density at radius 3 is 2.38 bits per heavy atom. The molecule has 0 unspecified atom stereocenters. The van der Waals surface area contributed by atoms with Crippen molar-refractivity contribution in [3.63, 3.8) is 0 Å². The van der Waals surface area contributed by atoms with E-state index in [0.717, 1.165) is 5.69 Å². The van der Waals surface area contributed by atoms with Crippen LogP contribution in [0.3, 0.4) is 0 Å². The molecule has 1 heterocycles. The Balaban J connectivity index is 2.24. The summed E-state index contributed by atoms with van der Waals surface area (Å²) in [6.07, 6.45) is 0. The molecule has 0 atom stereocenters. The molecule has 2 aromatic rings. The highest BCUT2D eigenvalue weighted by molar-refractivity contribution is 7.89. The van der Waals surface area contributed by atoms with Crippen molar-refractivity contribution >= 4 is 16.0 Å². The summed E-state index contributed by atoms with van der Waals surface area (Å²) in [7, 11) is -3.66. The van der Waals surface area contributed by atoms with Crippen molar-refractivity contribution in [2.45, 2.75) is 46.1 Å². The van der Waals surface area contributed by atoms with Gasteiger partial charge in [0.05, 0.1) is 16.2 Å². The average Bonchev–Trinajstić information content (AvgIpc) is 2.92. The average molecular weight is 380 g/mol. The molecule has 8 heteroatoms. The first-order valence-corrected chi connectivity index (χ1v) is 9.85. The van der Waals surface area contributed by atoms with Gasteiger partial charge in [-0.3, -0.25) is 0 Å². The van der Waals surface area contributed by atoms with Gasteiger partial charge in [-0.15, -0.1) is 0 Å². The highest BCUT2D eigenvalue weighted by atomic mass is 32.2. The molecular weight excluding hydrogens is 356 g/mol. The van der Waals surface area contributed by atoms with E-state index < -0.39 is 16.0 Å². The summed E-state index contributed by atoms with van der Waals surface area (Å²) in [5.41, 5.74) is 1.48. The molecular formula is C18H24N2O5S. The van der Waals surface area contributed by atoms with Crippen LogP contribution in [0.2, 0.25) is 0 Å². The van der Waals surface area contributed by atoms with Gasteiger partial charge in [-0.1, -0.05) is 19.9 Å². The zero-order valence-corrected chi connectivity index (χ0v) is 16.5. The molecule has 0 radical (unpaired) electrons. The number of oxazole rings is 1. The van der Waals surface area contributed by atoms with Crippen LogP contribution in [-0.4, -0.2) is 36.8 Å². The topological polar surface area (TPSA) is 89.7 Å². The number of rotatable bonds is 7. The van der Waals surface area contributed by atoms with E-state index in [4.69, 9.17) is 9.15 Å². The van der Waals surface area contributed by atoms with E-state index in [1.54, 1.807) is 46.8 Å². The molecule has 2 rings (SSSR count). The van der Waals surface area contributed by atoms with E-state index >= 15 is 0 Å². The Kier molecular flexibility index (Phi) is 6.20. The van der Waals surface area contributed by atoms with Crippen LogP contribution in [0, 0.1) is 20.8 Å². The highest BCUT2D eigenvalue weighted by Crippen LogP contribution is 2.22. The minimum atomic E-state index is -3.66. The standard InChI is InChI=1S/C18H24N2O5S/c1-6-20(7-2)26(22,23)16-10-15(9-8-12(16)3)18(21)24-11-17-19-13(4)14(5)25-17/h8-10H,6-7,11H2,1-5H3. The number of sulfonamides is 1. The summed E-state index contributed by atoms with van der Waals surface area (Å²) in [4.78, 5) is 16.6. The van der Waals surface area contributed by atoms with E-state index in [1.807, 2.05) is 0 Å². The van der Waals surface area contributed by atoms with Crippen molar-refractivity contribution in [1.82, 2.24) is 9.29 Å². The lowest BCUT2D eigenvalue weighted by atomic mass is 10.1. The molecule has 7 nitrogen and oxygen atoms in total. The predicted molar refractivity (Wildman–Crippen MR) is 96.4 cm³/mol. The Hall–Kier alpha value is -2.19. The Bertz CT molecular complexity index is 879. The van der Waals surface area contributed by atoms with Gasteiger partial charge in [0.1, 0.15) is 5.76 Å². The maximum atomic E-state index is 12.8. The van der Waals surface area contributed by atoms with E-state index in [-0.39, 0.29) is 17.1 Å². The number of hydrogen-bond donors (Lipinski definition) is 0. The molecule has 0 spiro atoms. The second kappa shape index (κ2) is 8.01. The molecule has 0 amide bonds. The Morgan fingerprint density at radius 1 is 1.19 bits per heavy atom. The van der Waals surface area contributed by atoms with Gasteiger partial charge in [0, 0.05) is 13.1 Å². The minimum Gasteiger partial charge on any atom is -0.452 e. The first-order valence-electron chi connectivity index (χ1n) is 8.41. The molecule has 0 aliphatic carbocycles. The largest absolute Gasteiger partial charge is 0.452 e. The molecule has 0 aliphatic rings. The van der Waals surface area contributed by atoms with Crippen molar-refractivity contribution in [3.05, 3.63) is 46.7 Å². The maximum Gasteiger partial charge on any atom is 0.338 e. The maximum absolute atomic E-state index is 12.8. The lowest BCUT2D eigenvalue weighted by Gasteiger charge is -2.20. The molecule has 0 bridgehead atoms. The van der Waals surface area contributed by atoms with Crippen LogP contribution in [0.25, 0.3) is 0 Å². The number of carbonyl (C=O) groups is 1. The second-order valence-electron chi connectivity index (χ2n) is 5.89. The Labute approximate surface area is 154 Å². The van der Waals surface area contributed by atoms with Gasteiger partial charge in [-0.05, 0) is 38.5 Å². The van der Waals surface area contributed by atoms with Crippen LogP contribution in [0.1, 0.15) is 47.1 Å². The number of esters is 1. The fourth-order valence-corrected chi connectivity index (χ4v) is 4.23. The molecule has 0 saturated carbocycles. The SMILES string of the molecule is CCN(CC)S(=O)(=O)c1cc(C(=O)OCc2nc(C)c(C)o2)ccc1C. The molecule has 1 aromatic carbocycles. The van der Waals surface area contributed by atoms with Gasteiger partial charge >= 0.3 is 5.97 Å². The summed E-state index contributed by atoms with van der Waals surface area (Å²) in [5, 5.41) is 0. The summed E-state index contributed by atoms with van der Waals surface area (Å²) < 4.78 is 37.4. The molecule has 26 heavy (non-hydrogen) atoms. The number of ether oxygens (including phenoxy) is 1.